The number of carbonyl (C=O) groups excluding carboxylic acids is 1. The molecule has 2 unspecified atom stereocenters. The molecule has 2 nitrogen and oxygen atoms in total. The summed E-state index contributed by atoms with van der Waals surface area (Å²) in [4.78, 5) is 10.8. The van der Waals surface area contributed by atoms with Gasteiger partial charge in [-0.3, -0.25) is 4.79 Å². The van der Waals surface area contributed by atoms with E-state index in [1.165, 1.54) is 25.7 Å². The van der Waals surface area contributed by atoms with E-state index < -0.39 is 0 Å². The number of nitrogens with one attached hydrogen (secondary N) is 1. The second kappa shape index (κ2) is 2.23. The molecule has 2 fully saturated rings. The lowest BCUT2D eigenvalue weighted by Gasteiger charge is -2.47. The molecule has 0 radical (unpaired) electrons. The molecule has 2 heteroatoms. The van der Waals surface area contributed by atoms with Gasteiger partial charge in [-0.1, -0.05) is 19.8 Å². The summed E-state index contributed by atoms with van der Waals surface area (Å²) < 4.78 is 0. The number of β-lactam (4-membered cyclic amide) rings is 1. The molecule has 1 aliphatic carbocycles. The minimum Gasteiger partial charge on any atom is -0.350 e. The Morgan fingerprint density at radius 2 is 2.36 bits per heavy atom. The number of hydrogen-bond donors (Lipinski definition) is 1. The Bertz CT molecular complexity index is 180. The van der Waals surface area contributed by atoms with Crippen LogP contribution in [-0.4, -0.2) is 11.4 Å². The molecule has 0 aromatic heterocycles. The van der Waals surface area contributed by atoms with Crippen molar-refractivity contribution in [3.63, 3.8) is 0 Å². The number of amides is 1. The highest BCUT2D eigenvalue weighted by Crippen LogP contribution is 2.38. The highest BCUT2D eigenvalue weighted by atomic mass is 16.2. The largest absolute Gasteiger partial charge is 0.350 e. The molecule has 11 heavy (non-hydrogen) atoms. The first-order chi connectivity index (χ1) is 5.20. The van der Waals surface area contributed by atoms with E-state index in [1.807, 2.05) is 0 Å². The van der Waals surface area contributed by atoms with Crippen LogP contribution in [0, 0.1) is 5.92 Å². The van der Waals surface area contributed by atoms with Gasteiger partial charge in [-0.15, -0.1) is 0 Å². The van der Waals surface area contributed by atoms with Gasteiger partial charge >= 0.3 is 0 Å². The molecular formula is C9H15NO. The molecule has 62 valence electrons. The number of carbonyl (C=O) groups is 1. The number of rotatable bonds is 0. The smallest absolute Gasteiger partial charge is 0.222 e. The third-order valence-corrected chi connectivity index (χ3v) is 2.99. The van der Waals surface area contributed by atoms with Crippen LogP contribution in [0.1, 0.15) is 39.0 Å². The molecule has 2 rings (SSSR count). The molecular weight excluding hydrogens is 138 g/mol. The average Bonchev–Trinajstić information content (AvgIpc) is 1.84. The van der Waals surface area contributed by atoms with E-state index >= 15 is 0 Å². The van der Waals surface area contributed by atoms with Gasteiger partial charge in [-0.25, -0.2) is 0 Å². The average molecular weight is 153 g/mol. The lowest BCUT2D eigenvalue weighted by atomic mass is 9.70. The summed E-state index contributed by atoms with van der Waals surface area (Å²) >= 11 is 0. The van der Waals surface area contributed by atoms with Crippen molar-refractivity contribution in [2.24, 2.45) is 5.92 Å². The Balaban J connectivity index is 1.98. The predicted octanol–water partition coefficient (Wildman–Crippen LogP) is 1.46. The molecule has 1 aliphatic heterocycles. The van der Waals surface area contributed by atoms with Crippen LogP contribution >= 0.6 is 0 Å². The van der Waals surface area contributed by atoms with Crippen LogP contribution in [0.15, 0.2) is 0 Å². The summed E-state index contributed by atoms with van der Waals surface area (Å²) in [7, 11) is 0. The van der Waals surface area contributed by atoms with Crippen molar-refractivity contribution >= 4 is 5.91 Å². The van der Waals surface area contributed by atoms with Crippen LogP contribution in [0.3, 0.4) is 0 Å². The Labute approximate surface area is 67.4 Å². The van der Waals surface area contributed by atoms with Gasteiger partial charge in [0.05, 0.1) is 0 Å². The maximum atomic E-state index is 10.8. The molecule has 1 saturated carbocycles. The summed E-state index contributed by atoms with van der Waals surface area (Å²) in [6, 6.07) is 0. The standard InChI is InChI=1S/C9H15NO/c1-7-3-2-4-9(5-7)6-8(11)10-9/h7H,2-6H2,1H3,(H,10,11). The SMILES string of the molecule is CC1CCCC2(CC(=O)N2)C1. The van der Waals surface area contributed by atoms with E-state index in [9.17, 15) is 4.79 Å². The van der Waals surface area contributed by atoms with Gasteiger partial charge in [-0.2, -0.15) is 0 Å². The number of hydrogen-bond acceptors (Lipinski definition) is 1. The highest BCUT2D eigenvalue weighted by Gasteiger charge is 2.44. The first-order valence-electron chi connectivity index (χ1n) is 4.51. The lowest BCUT2D eigenvalue weighted by molar-refractivity contribution is -0.134. The summed E-state index contributed by atoms with van der Waals surface area (Å²) in [6.07, 6.45) is 5.85. The quantitative estimate of drug-likeness (QED) is 0.524. The van der Waals surface area contributed by atoms with Crippen molar-refractivity contribution in [2.75, 3.05) is 0 Å². The van der Waals surface area contributed by atoms with E-state index in [4.69, 9.17) is 0 Å². The summed E-state index contributed by atoms with van der Waals surface area (Å²) in [5.41, 5.74) is 0.245. The molecule has 2 atom stereocenters. The normalized spacial score (nSPS) is 43.4. The van der Waals surface area contributed by atoms with Gasteiger partial charge in [0.1, 0.15) is 0 Å². The van der Waals surface area contributed by atoms with Crippen molar-refractivity contribution in [3.8, 4) is 0 Å². The highest BCUT2D eigenvalue weighted by molar-refractivity contribution is 5.84. The Kier molecular flexibility index (Phi) is 1.44. The van der Waals surface area contributed by atoms with Crippen LogP contribution in [0.2, 0.25) is 0 Å². The Morgan fingerprint density at radius 3 is 2.91 bits per heavy atom. The van der Waals surface area contributed by atoms with Crippen molar-refractivity contribution in [2.45, 2.75) is 44.6 Å². The first kappa shape index (κ1) is 7.14. The van der Waals surface area contributed by atoms with Gasteiger partial charge < -0.3 is 5.32 Å². The van der Waals surface area contributed by atoms with Gasteiger partial charge in [0.2, 0.25) is 5.91 Å². The third-order valence-electron chi connectivity index (χ3n) is 2.99. The zero-order valence-corrected chi connectivity index (χ0v) is 7.02. The zero-order chi connectivity index (χ0) is 7.90. The second-order valence-electron chi connectivity index (χ2n) is 4.21. The fourth-order valence-electron chi connectivity index (χ4n) is 2.52. The van der Waals surface area contributed by atoms with Gasteiger partial charge in [0.15, 0.2) is 0 Å². The molecule has 0 aromatic rings. The van der Waals surface area contributed by atoms with E-state index in [2.05, 4.69) is 12.2 Å². The van der Waals surface area contributed by atoms with Crippen molar-refractivity contribution in [1.82, 2.24) is 5.32 Å². The van der Waals surface area contributed by atoms with Crippen molar-refractivity contribution in [3.05, 3.63) is 0 Å². The van der Waals surface area contributed by atoms with Crippen LogP contribution in [0.5, 0.6) is 0 Å². The fraction of sp³-hybridized carbons (Fsp3) is 0.889. The summed E-state index contributed by atoms with van der Waals surface area (Å²) in [5, 5.41) is 3.05. The Hall–Kier alpha value is -0.530. The molecule has 0 bridgehead atoms. The van der Waals surface area contributed by atoms with Crippen LogP contribution in [0.25, 0.3) is 0 Å². The van der Waals surface area contributed by atoms with Crippen LogP contribution in [-0.2, 0) is 4.79 Å². The zero-order valence-electron chi connectivity index (χ0n) is 7.02. The molecule has 0 aromatic carbocycles. The molecule has 1 spiro atoms. The minimum absolute atomic E-state index is 0.245. The topological polar surface area (TPSA) is 29.1 Å². The molecule has 1 N–H and O–H groups in total. The van der Waals surface area contributed by atoms with Gasteiger partial charge in [0, 0.05) is 12.0 Å². The fourth-order valence-corrected chi connectivity index (χ4v) is 2.52. The van der Waals surface area contributed by atoms with Crippen molar-refractivity contribution < 1.29 is 4.79 Å². The predicted molar refractivity (Wildman–Crippen MR) is 43.1 cm³/mol. The first-order valence-corrected chi connectivity index (χ1v) is 4.51. The van der Waals surface area contributed by atoms with E-state index in [0.29, 0.717) is 0 Å². The van der Waals surface area contributed by atoms with Crippen molar-refractivity contribution in [1.29, 1.82) is 0 Å². The van der Waals surface area contributed by atoms with Gasteiger partial charge in [-0.05, 0) is 18.8 Å². The van der Waals surface area contributed by atoms with E-state index in [1.54, 1.807) is 0 Å². The summed E-state index contributed by atoms with van der Waals surface area (Å²) in [5.74, 6) is 1.06. The Morgan fingerprint density at radius 1 is 1.64 bits per heavy atom. The molecule has 1 saturated heterocycles. The van der Waals surface area contributed by atoms with Gasteiger partial charge in [0.25, 0.3) is 0 Å². The summed E-state index contributed by atoms with van der Waals surface area (Å²) in [6.45, 7) is 2.28. The maximum Gasteiger partial charge on any atom is 0.222 e. The lowest BCUT2D eigenvalue weighted by Crippen LogP contribution is -2.62. The third kappa shape index (κ3) is 1.15. The maximum absolute atomic E-state index is 10.8. The van der Waals surface area contributed by atoms with E-state index in [-0.39, 0.29) is 11.4 Å². The van der Waals surface area contributed by atoms with Crippen LogP contribution < -0.4 is 5.32 Å². The van der Waals surface area contributed by atoms with E-state index in [0.717, 1.165) is 12.3 Å². The molecule has 1 amide bonds. The molecule has 2 aliphatic rings. The molecule has 1 heterocycles. The van der Waals surface area contributed by atoms with Crippen LogP contribution in [0.4, 0.5) is 0 Å². The second-order valence-corrected chi connectivity index (χ2v) is 4.21. The monoisotopic (exact) mass is 153 g/mol. The minimum atomic E-state index is 0.245.